The number of carbonyl (C=O) groups excluding carboxylic acids is 2. The molecule has 2 aromatic rings. The third kappa shape index (κ3) is 4.02. The second-order valence-corrected chi connectivity index (χ2v) is 7.40. The van der Waals surface area contributed by atoms with E-state index in [1.165, 1.54) is 0 Å². The second-order valence-electron chi connectivity index (χ2n) is 6.01. The van der Waals surface area contributed by atoms with Gasteiger partial charge in [0.1, 0.15) is 6.61 Å². The molecule has 0 aromatic heterocycles. The van der Waals surface area contributed by atoms with E-state index in [1.807, 2.05) is 42.5 Å². The van der Waals surface area contributed by atoms with Crippen LogP contribution in [0, 0.1) is 0 Å². The van der Waals surface area contributed by atoms with E-state index < -0.39 is 12.0 Å². The topological polar surface area (TPSA) is 67.4 Å². The summed E-state index contributed by atoms with van der Waals surface area (Å²) in [6, 6.07) is 13.1. The van der Waals surface area contributed by atoms with Gasteiger partial charge in [0.2, 0.25) is 0 Å². The molecule has 5 nitrogen and oxygen atoms in total. The fraction of sp³-hybridized carbons (Fsp3) is 0.300. The van der Waals surface area contributed by atoms with E-state index in [2.05, 4.69) is 17.6 Å². The number of benzene rings is 2. The molecule has 26 heavy (non-hydrogen) atoms. The minimum absolute atomic E-state index is 0.321. The minimum atomic E-state index is -0.528. The lowest BCUT2D eigenvalue weighted by Crippen LogP contribution is -2.45. The van der Waals surface area contributed by atoms with Crippen LogP contribution in [0.15, 0.2) is 53.7 Å². The molecule has 2 N–H and O–H groups in total. The number of hydrogen-bond acceptors (Lipinski definition) is 4. The van der Waals surface area contributed by atoms with Crippen molar-refractivity contribution in [1.29, 1.82) is 0 Å². The van der Waals surface area contributed by atoms with E-state index in [1.54, 1.807) is 18.7 Å². The molecule has 1 heterocycles. The molecule has 0 bridgehead atoms. The number of nitrogens with one attached hydrogen (secondary N) is 2. The van der Waals surface area contributed by atoms with Crippen LogP contribution in [-0.4, -0.2) is 30.1 Å². The molecule has 1 aliphatic heterocycles. The Bertz CT molecular complexity index is 863. The summed E-state index contributed by atoms with van der Waals surface area (Å²) in [6.07, 6.45) is 0. The van der Waals surface area contributed by atoms with Crippen molar-refractivity contribution in [1.82, 2.24) is 10.6 Å². The van der Waals surface area contributed by atoms with Gasteiger partial charge in [-0.2, -0.15) is 11.8 Å². The number of thioether (sulfide) groups is 1. The summed E-state index contributed by atoms with van der Waals surface area (Å²) in [7, 11) is 0. The normalized spacial score (nSPS) is 17.0. The van der Waals surface area contributed by atoms with E-state index in [-0.39, 0.29) is 6.03 Å². The van der Waals surface area contributed by atoms with Gasteiger partial charge in [-0.3, -0.25) is 0 Å². The third-order valence-corrected chi connectivity index (χ3v) is 5.12. The average Bonchev–Trinajstić information content (AvgIpc) is 2.64. The van der Waals surface area contributed by atoms with Gasteiger partial charge in [-0.15, -0.1) is 0 Å². The fourth-order valence-electron chi connectivity index (χ4n) is 3.02. The van der Waals surface area contributed by atoms with Gasteiger partial charge in [0, 0.05) is 11.4 Å². The lowest BCUT2D eigenvalue weighted by atomic mass is 9.94. The summed E-state index contributed by atoms with van der Waals surface area (Å²) < 4.78 is 5.42. The number of hydrogen-bond donors (Lipinski definition) is 2. The predicted octanol–water partition coefficient (Wildman–Crippen LogP) is 3.76. The van der Waals surface area contributed by atoms with Gasteiger partial charge >= 0.3 is 12.0 Å². The van der Waals surface area contributed by atoms with Crippen LogP contribution in [0.5, 0.6) is 0 Å². The van der Waals surface area contributed by atoms with Crippen LogP contribution in [-0.2, 0) is 9.53 Å². The van der Waals surface area contributed by atoms with Crippen molar-refractivity contribution in [3.8, 4) is 0 Å². The van der Waals surface area contributed by atoms with Crippen LogP contribution >= 0.6 is 11.8 Å². The number of carbonyl (C=O) groups is 2. The van der Waals surface area contributed by atoms with Gasteiger partial charge in [0.05, 0.1) is 11.6 Å². The Morgan fingerprint density at radius 3 is 2.73 bits per heavy atom. The lowest BCUT2D eigenvalue weighted by Gasteiger charge is -2.28. The molecule has 1 aliphatic rings. The molecule has 2 amide bonds. The van der Waals surface area contributed by atoms with Crippen molar-refractivity contribution in [3.63, 3.8) is 0 Å². The van der Waals surface area contributed by atoms with Crippen molar-refractivity contribution in [2.75, 3.05) is 18.1 Å². The van der Waals surface area contributed by atoms with E-state index in [4.69, 9.17) is 4.74 Å². The zero-order valence-corrected chi connectivity index (χ0v) is 15.7. The molecule has 2 aromatic carbocycles. The van der Waals surface area contributed by atoms with E-state index in [9.17, 15) is 9.59 Å². The molecule has 0 radical (unpaired) electrons. The summed E-state index contributed by atoms with van der Waals surface area (Å²) in [5, 5.41) is 7.69. The Kier molecular flexibility index (Phi) is 5.83. The number of esters is 1. The van der Waals surface area contributed by atoms with Crippen molar-refractivity contribution < 1.29 is 14.3 Å². The Morgan fingerprint density at radius 1 is 1.19 bits per heavy atom. The molecule has 6 heteroatoms. The smallest absolute Gasteiger partial charge is 0.338 e. The maximum atomic E-state index is 12.6. The number of allylic oxidation sites excluding steroid dienone is 1. The van der Waals surface area contributed by atoms with Crippen molar-refractivity contribution >= 4 is 34.5 Å². The highest BCUT2D eigenvalue weighted by Gasteiger charge is 2.32. The van der Waals surface area contributed by atoms with E-state index in [0.29, 0.717) is 17.9 Å². The first kappa shape index (κ1) is 18.3. The summed E-state index contributed by atoms with van der Waals surface area (Å²) in [6.45, 7) is 4.15. The molecule has 0 spiro atoms. The van der Waals surface area contributed by atoms with Gasteiger partial charge in [0.15, 0.2) is 0 Å². The number of ether oxygens (including phenoxy) is 1. The van der Waals surface area contributed by atoms with Crippen molar-refractivity contribution in [2.45, 2.75) is 19.9 Å². The Labute approximate surface area is 157 Å². The van der Waals surface area contributed by atoms with Gasteiger partial charge in [0.25, 0.3) is 0 Å². The SMILES string of the molecule is CCSCCOC(=O)C1=C(C)NC(=O)N[C@H]1c1ccc2ccccc2c1. The van der Waals surface area contributed by atoms with Gasteiger partial charge in [-0.1, -0.05) is 43.3 Å². The number of fused-ring (bicyclic) bond motifs is 1. The third-order valence-electron chi connectivity index (χ3n) is 4.26. The monoisotopic (exact) mass is 370 g/mol. The quantitative estimate of drug-likeness (QED) is 0.600. The first-order chi connectivity index (χ1) is 12.6. The largest absolute Gasteiger partial charge is 0.461 e. The van der Waals surface area contributed by atoms with Crippen LogP contribution in [0.3, 0.4) is 0 Å². The molecule has 0 saturated carbocycles. The van der Waals surface area contributed by atoms with Gasteiger partial charge in [-0.05, 0) is 35.1 Å². The average molecular weight is 370 g/mol. The summed E-state index contributed by atoms with van der Waals surface area (Å²) in [5.41, 5.74) is 1.83. The number of amides is 2. The fourth-order valence-corrected chi connectivity index (χ4v) is 3.51. The lowest BCUT2D eigenvalue weighted by molar-refractivity contribution is -0.138. The maximum Gasteiger partial charge on any atom is 0.338 e. The van der Waals surface area contributed by atoms with Gasteiger partial charge in [-0.25, -0.2) is 9.59 Å². The van der Waals surface area contributed by atoms with Crippen molar-refractivity contribution in [2.24, 2.45) is 0 Å². The molecular formula is C20H22N2O3S. The van der Waals surface area contributed by atoms with Crippen LogP contribution in [0.4, 0.5) is 4.79 Å². The highest BCUT2D eigenvalue weighted by molar-refractivity contribution is 7.99. The number of urea groups is 1. The maximum absolute atomic E-state index is 12.6. The Morgan fingerprint density at radius 2 is 1.96 bits per heavy atom. The molecular weight excluding hydrogens is 348 g/mol. The molecule has 0 unspecified atom stereocenters. The second kappa shape index (κ2) is 8.27. The standard InChI is InChI=1S/C20H22N2O3S/c1-3-26-11-10-25-19(23)17-13(2)21-20(24)22-18(17)16-9-8-14-6-4-5-7-15(14)12-16/h4-9,12,18H,3,10-11H2,1-2H3,(H2,21,22,24)/t18-/m0/s1. The molecule has 136 valence electrons. The minimum Gasteiger partial charge on any atom is -0.461 e. The van der Waals surface area contributed by atoms with Crippen molar-refractivity contribution in [3.05, 3.63) is 59.3 Å². The van der Waals surface area contributed by atoms with Crippen LogP contribution in [0.2, 0.25) is 0 Å². The zero-order chi connectivity index (χ0) is 18.5. The summed E-state index contributed by atoms with van der Waals surface area (Å²) in [4.78, 5) is 24.6. The van der Waals surface area contributed by atoms with E-state index in [0.717, 1.165) is 27.8 Å². The molecule has 0 fully saturated rings. The highest BCUT2D eigenvalue weighted by Crippen LogP contribution is 2.29. The van der Waals surface area contributed by atoms with Gasteiger partial charge < -0.3 is 15.4 Å². The van der Waals surface area contributed by atoms with E-state index >= 15 is 0 Å². The van der Waals surface area contributed by atoms with Crippen LogP contribution in [0.1, 0.15) is 25.5 Å². The molecule has 0 aliphatic carbocycles. The van der Waals surface area contributed by atoms with Crippen LogP contribution < -0.4 is 10.6 Å². The Hall–Kier alpha value is -2.47. The number of rotatable bonds is 6. The molecule has 0 saturated heterocycles. The molecule has 1 atom stereocenters. The Balaban J connectivity index is 1.89. The molecule has 3 rings (SSSR count). The first-order valence-corrected chi connectivity index (χ1v) is 9.77. The van der Waals surface area contributed by atoms with Crippen LogP contribution in [0.25, 0.3) is 10.8 Å². The summed E-state index contributed by atoms with van der Waals surface area (Å²) in [5.74, 6) is 1.34. The predicted molar refractivity (Wildman–Crippen MR) is 105 cm³/mol. The summed E-state index contributed by atoms with van der Waals surface area (Å²) >= 11 is 1.72. The highest BCUT2D eigenvalue weighted by atomic mass is 32.2. The zero-order valence-electron chi connectivity index (χ0n) is 14.9. The first-order valence-electron chi connectivity index (χ1n) is 8.62.